The van der Waals surface area contributed by atoms with Crippen molar-refractivity contribution in [3.63, 3.8) is 0 Å². The van der Waals surface area contributed by atoms with Crippen LogP contribution in [-0.2, 0) is 12.0 Å². The third-order valence-electron chi connectivity index (χ3n) is 4.82. The van der Waals surface area contributed by atoms with Crippen LogP contribution in [0, 0.1) is 11.3 Å². The number of hydrogen-bond donors (Lipinski definition) is 0. The first kappa shape index (κ1) is 21.9. The molecule has 0 aliphatic carbocycles. The van der Waals surface area contributed by atoms with Crippen LogP contribution in [0.5, 0.6) is 11.5 Å². The molecule has 1 heterocycles. The summed E-state index contributed by atoms with van der Waals surface area (Å²) >= 11 is 12.1. The molecule has 0 spiro atoms. The van der Waals surface area contributed by atoms with Gasteiger partial charge in [0.1, 0.15) is 31.4 Å². The third kappa shape index (κ3) is 5.02. The number of aromatic nitrogens is 2. The van der Waals surface area contributed by atoms with Gasteiger partial charge in [0.25, 0.3) is 0 Å². The second-order valence-electron chi connectivity index (χ2n) is 7.12. The summed E-state index contributed by atoms with van der Waals surface area (Å²) in [5.74, 6) is 1.43. The summed E-state index contributed by atoms with van der Waals surface area (Å²) in [5.41, 5.74) is 2.79. The third-order valence-corrected chi connectivity index (χ3v) is 5.25. The average molecular weight is 442 g/mol. The van der Waals surface area contributed by atoms with E-state index in [-0.39, 0.29) is 12.0 Å². The lowest BCUT2D eigenvalue weighted by Gasteiger charge is -2.27. The van der Waals surface area contributed by atoms with Crippen LogP contribution < -0.4 is 9.47 Å². The number of hydrogen-bond acceptors (Lipinski definition) is 5. The van der Waals surface area contributed by atoms with Gasteiger partial charge in [0.2, 0.25) is 0 Å². The number of nitriles is 1. The van der Waals surface area contributed by atoms with Gasteiger partial charge >= 0.3 is 0 Å². The van der Waals surface area contributed by atoms with Crippen LogP contribution in [-0.4, -0.2) is 22.5 Å². The minimum Gasteiger partial charge on any atom is -0.489 e. The van der Waals surface area contributed by atoms with Gasteiger partial charge < -0.3 is 9.47 Å². The van der Waals surface area contributed by atoms with E-state index in [1.807, 2.05) is 42.5 Å². The molecule has 30 heavy (non-hydrogen) atoms. The number of rotatable bonds is 8. The van der Waals surface area contributed by atoms with Crippen LogP contribution >= 0.6 is 23.2 Å². The lowest BCUT2D eigenvalue weighted by Crippen LogP contribution is -2.19. The van der Waals surface area contributed by atoms with E-state index >= 15 is 0 Å². The van der Waals surface area contributed by atoms with Gasteiger partial charge in [0.05, 0.1) is 22.2 Å². The quantitative estimate of drug-likeness (QED) is 0.430. The summed E-state index contributed by atoms with van der Waals surface area (Å²) in [7, 11) is 0. The van der Waals surface area contributed by atoms with E-state index in [0.717, 1.165) is 22.6 Å². The fourth-order valence-corrected chi connectivity index (χ4v) is 3.37. The molecule has 0 radical (unpaired) electrons. The van der Waals surface area contributed by atoms with E-state index in [4.69, 9.17) is 32.7 Å². The van der Waals surface area contributed by atoms with Gasteiger partial charge in [0.15, 0.2) is 5.75 Å². The average Bonchev–Trinajstić information content (AvgIpc) is 2.77. The van der Waals surface area contributed by atoms with Crippen molar-refractivity contribution in [1.29, 1.82) is 5.26 Å². The largest absolute Gasteiger partial charge is 0.489 e. The summed E-state index contributed by atoms with van der Waals surface area (Å²) in [4.78, 5) is 8.04. The molecule has 0 bridgehead atoms. The van der Waals surface area contributed by atoms with E-state index in [9.17, 15) is 5.26 Å². The molecule has 154 valence electrons. The molecular formula is C23H21Cl2N3O2. The molecule has 0 unspecified atom stereocenters. The highest BCUT2D eigenvalue weighted by Crippen LogP contribution is 2.38. The molecule has 0 atom stereocenters. The Labute approximate surface area is 186 Å². The topological polar surface area (TPSA) is 68.0 Å². The molecule has 0 fully saturated rings. The van der Waals surface area contributed by atoms with Crippen molar-refractivity contribution >= 4 is 23.2 Å². The Morgan fingerprint density at radius 3 is 2.47 bits per heavy atom. The van der Waals surface area contributed by atoms with Crippen molar-refractivity contribution in [3.05, 3.63) is 82.4 Å². The Morgan fingerprint density at radius 2 is 1.83 bits per heavy atom. The van der Waals surface area contributed by atoms with Crippen molar-refractivity contribution in [2.24, 2.45) is 0 Å². The summed E-state index contributed by atoms with van der Waals surface area (Å²) in [6.07, 6.45) is 3.18. The molecule has 2 aromatic carbocycles. The molecular weight excluding hydrogens is 421 g/mol. The molecule has 0 saturated heterocycles. The smallest absolute Gasteiger partial charge is 0.155 e. The van der Waals surface area contributed by atoms with Gasteiger partial charge in [-0.3, -0.25) is 0 Å². The van der Waals surface area contributed by atoms with E-state index in [2.05, 4.69) is 29.9 Å². The second kappa shape index (κ2) is 9.80. The number of nitrogens with zero attached hydrogens (tertiary/aromatic N) is 3. The van der Waals surface area contributed by atoms with Crippen LogP contribution in [0.15, 0.2) is 55.0 Å². The Morgan fingerprint density at radius 1 is 1.07 bits per heavy atom. The minimum atomic E-state index is -0.383. The molecule has 0 N–H and O–H groups in total. The van der Waals surface area contributed by atoms with Crippen LogP contribution in [0.4, 0.5) is 0 Å². The van der Waals surface area contributed by atoms with E-state index in [1.54, 1.807) is 6.20 Å². The standard InChI is InChI=1S/C23H21Cl2N3O2/c1-23(2,18-11-16(13-26)22(21(25)12-18)29-10-8-24)17-3-5-20(6-4-17)30-14-19-7-9-27-15-28-19/h3-7,9,11-12,15H,8,10,14H2,1-2H3. The van der Waals surface area contributed by atoms with E-state index in [1.165, 1.54) is 6.33 Å². The number of alkyl halides is 1. The fraction of sp³-hybridized carbons (Fsp3) is 0.261. The molecule has 3 rings (SSSR count). The Kier molecular flexibility index (Phi) is 7.15. The van der Waals surface area contributed by atoms with Crippen LogP contribution in [0.2, 0.25) is 5.02 Å². The van der Waals surface area contributed by atoms with Crippen molar-refractivity contribution in [2.45, 2.75) is 25.9 Å². The zero-order chi connectivity index (χ0) is 21.6. The first-order valence-corrected chi connectivity index (χ1v) is 10.3. The molecule has 0 aliphatic heterocycles. The van der Waals surface area contributed by atoms with Gasteiger partial charge in [-0.1, -0.05) is 37.6 Å². The summed E-state index contributed by atoms with van der Waals surface area (Å²) < 4.78 is 11.3. The highest BCUT2D eigenvalue weighted by Gasteiger charge is 2.26. The highest BCUT2D eigenvalue weighted by molar-refractivity contribution is 6.32. The van der Waals surface area contributed by atoms with E-state index < -0.39 is 0 Å². The number of ether oxygens (including phenoxy) is 2. The zero-order valence-corrected chi connectivity index (χ0v) is 18.2. The Hall–Kier alpha value is -2.81. The molecule has 0 amide bonds. The van der Waals surface area contributed by atoms with Crippen molar-refractivity contribution in [3.8, 4) is 17.6 Å². The molecule has 0 aliphatic rings. The summed E-state index contributed by atoms with van der Waals surface area (Å²) in [5, 5.41) is 9.94. The monoisotopic (exact) mass is 441 g/mol. The Bertz CT molecular complexity index is 1030. The lowest BCUT2D eigenvalue weighted by atomic mass is 9.77. The van der Waals surface area contributed by atoms with Crippen LogP contribution in [0.25, 0.3) is 0 Å². The Balaban J connectivity index is 1.81. The summed E-state index contributed by atoms with van der Waals surface area (Å²) in [6, 6.07) is 15.5. The molecule has 5 nitrogen and oxygen atoms in total. The first-order valence-electron chi connectivity index (χ1n) is 9.37. The second-order valence-corrected chi connectivity index (χ2v) is 7.91. The molecule has 0 saturated carbocycles. The number of benzene rings is 2. The minimum absolute atomic E-state index is 0.287. The number of halogens is 2. The van der Waals surface area contributed by atoms with Gasteiger partial charge in [-0.25, -0.2) is 9.97 Å². The summed E-state index contributed by atoms with van der Waals surface area (Å²) in [6.45, 7) is 4.82. The SMILES string of the molecule is CC(C)(c1ccc(OCc2ccncn2)cc1)c1cc(Cl)c(OCCCl)c(C#N)c1. The van der Waals surface area contributed by atoms with Crippen molar-refractivity contribution in [2.75, 3.05) is 12.5 Å². The van der Waals surface area contributed by atoms with Gasteiger partial charge in [0, 0.05) is 11.6 Å². The predicted molar refractivity (Wildman–Crippen MR) is 117 cm³/mol. The van der Waals surface area contributed by atoms with Gasteiger partial charge in [-0.05, 0) is 41.5 Å². The highest BCUT2D eigenvalue weighted by atomic mass is 35.5. The predicted octanol–water partition coefficient (Wildman–Crippen LogP) is 5.52. The van der Waals surface area contributed by atoms with Crippen molar-refractivity contribution in [1.82, 2.24) is 9.97 Å². The lowest BCUT2D eigenvalue weighted by molar-refractivity contribution is 0.301. The molecule has 3 aromatic rings. The maximum absolute atomic E-state index is 9.55. The van der Waals surface area contributed by atoms with Crippen LogP contribution in [0.3, 0.4) is 0 Å². The van der Waals surface area contributed by atoms with Crippen LogP contribution in [0.1, 0.15) is 36.2 Å². The van der Waals surface area contributed by atoms with E-state index in [0.29, 0.717) is 28.8 Å². The normalized spacial score (nSPS) is 11.0. The van der Waals surface area contributed by atoms with Gasteiger partial charge in [-0.2, -0.15) is 5.26 Å². The fourth-order valence-electron chi connectivity index (χ4n) is 3.02. The van der Waals surface area contributed by atoms with Gasteiger partial charge in [-0.15, -0.1) is 11.6 Å². The molecule has 7 heteroatoms. The maximum atomic E-state index is 9.55. The molecule has 1 aromatic heterocycles. The maximum Gasteiger partial charge on any atom is 0.155 e. The van der Waals surface area contributed by atoms with Crippen molar-refractivity contribution < 1.29 is 9.47 Å². The first-order chi connectivity index (χ1) is 14.5. The zero-order valence-electron chi connectivity index (χ0n) is 16.7.